The first-order chi connectivity index (χ1) is 13.0. The molecule has 0 amide bonds. The number of hydrogen-bond acceptors (Lipinski definition) is 4. The van der Waals surface area contributed by atoms with E-state index < -0.39 is 18.2 Å². The molecule has 2 aliphatic rings. The average molecular weight is 372 g/mol. The highest BCUT2D eigenvalue weighted by molar-refractivity contribution is 5.81. The van der Waals surface area contributed by atoms with Crippen molar-refractivity contribution < 1.29 is 19.0 Å². The van der Waals surface area contributed by atoms with Gasteiger partial charge in [-0.3, -0.25) is 0 Å². The number of benzene rings is 1. The fraction of sp³-hybridized carbons (Fsp3) is 0.429. The second-order valence-electron chi connectivity index (χ2n) is 7.16. The summed E-state index contributed by atoms with van der Waals surface area (Å²) in [5.74, 6) is -1.48. The number of carboxylic acids is 1. The number of alkyl halides is 1. The van der Waals surface area contributed by atoms with Gasteiger partial charge in [0.1, 0.15) is 6.61 Å². The predicted octanol–water partition coefficient (Wildman–Crippen LogP) is 3.57. The molecule has 1 fully saturated rings. The predicted molar refractivity (Wildman–Crippen MR) is 100 cm³/mol. The highest BCUT2D eigenvalue weighted by Crippen LogP contribution is 2.39. The van der Waals surface area contributed by atoms with Crippen LogP contribution in [0.25, 0.3) is 0 Å². The number of aliphatic carboxylic acids is 1. The summed E-state index contributed by atoms with van der Waals surface area (Å²) < 4.78 is 18.5. The second kappa shape index (κ2) is 8.05. The summed E-state index contributed by atoms with van der Waals surface area (Å²) in [4.78, 5) is 14.3. The maximum absolute atomic E-state index is 13.7. The van der Waals surface area contributed by atoms with Crippen LogP contribution in [0.2, 0.25) is 0 Å². The topological polar surface area (TPSA) is 85.4 Å². The number of rotatable bonds is 3. The first-order valence-corrected chi connectivity index (χ1v) is 9.28. The van der Waals surface area contributed by atoms with Gasteiger partial charge in [-0.25, -0.2) is 14.2 Å². The number of ether oxygens (including phenoxy) is 1. The molecule has 5 nitrogen and oxygen atoms in total. The molecule has 4 rings (SSSR count). The first kappa shape index (κ1) is 19.3. The molecule has 3 N–H and O–H groups in total. The zero-order valence-electron chi connectivity index (χ0n) is 15.2. The van der Waals surface area contributed by atoms with E-state index in [2.05, 4.69) is 35.3 Å². The van der Waals surface area contributed by atoms with Crippen molar-refractivity contribution in [3.8, 4) is 5.88 Å². The maximum atomic E-state index is 13.7. The van der Waals surface area contributed by atoms with Crippen LogP contribution in [0.1, 0.15) is 43.2 Å². The van der Waals surface area contributed by atoms with Crippen molar-refractivity contribution in [2.75, 3.05) is 13.2 Å². The van der Waals surface area contributed by atoms with Crippen molar-refractivity contribution >= 4 is 5.97 Å². The smallest absolute Gasteiger partial charge is 0.350 e. The van der Waals surface area contributed by atoms with E-state index in [0.29, 0.717) is 5.41 Å². The summed E-state index contributed by atoms with van der Waals surface area (Å²) in [6, 6.07) is 13.6. The molecule has 1 unspecified atom stereocenters. The molecule has 1 aromatic heterocycles. The number of nitrogens with zero attached hydrogens (tertiary/aromatic N) is 1. The van der Waals surface area contributed by atoms with E-state index in [-0.39, 0.29) is 11.4 Å². The van der Waals surface area contributed by atoms with Crippen LogP contribution < -0.4 is 10.5 Å². The largest absolute Gasteiger partial charge is 0.479 e. The standard InChI is InChI=1S/C13H19N.C8H6FNO3/c14-11-13(9-5-2-6-10-13)12-7-3-1-4-8-12;9-8(7(11)12)4-13-6-5(8)2-1-3-10-6/h1,3-4,7-8H,2,5-6,9-11,14H2;1-3H,4H2,(H,11,12). The Balaban J connectivity index is 0.000000156. The number of fused-ring (bicyclic) bond motifs is 1. The molecule has 1 atom stereocenters. The summed E-state index contributed by atoms with van der Waals surface area (Å²) in [6.45, 7) is 0.297. The highest BCUT2D eigenvalue weighted by Gasteiger charge is 2.49. The molecule has 1 saturated carbocycles. The monoisotopic (exact) mass is 372 g/mol. The van der Waals surface area contributed by atoms with Gasteiger partial charge in [0, 0.05) is 18.2 Å². The Morgan fingerprint density at radius 2 is 1.85 bits per heavy atom. The molecule has 6 heteroatoms. The molecule has 0 spiro atoms. The summed E-state index contributed by atoms with van der Waals surface area (Å²) in [5.41, 5.74) is 5.26. The Labute approximate surface area is 158 Å². The van der Waals surface area contributed by atoms with E-state index in [9.17, 15) is 9.18 Å². The Bertz CT molecular complexity index is 778. The number of halogens is 1. The van der Waals surface area contributed by atoms with Crippen molar-refractivity contribution in [3.63, 3.8) is 0 Å². The van der Waals surface area contributed by atoms with Crippen LogP contribution in [0.4, 0.5) is 4.39 Å². The van der Waals surface area contributed by atoms with E-state index in [1.807, 2.05) is 0 Å². The van der Waals surface area contributed by atoms with E-state index in [4.69, 9.17) is 15.6 Å². The lowest BCUT2D eigenvalue weighted by molar-refractivity contribution is -0.152. The minimum absolute atomic E-state index is 0.0116. The minimum Gasteiger partial charge on any atom is -0.479 e. The summed E-state index contributed by atoms with van der Waals surface area (Å²) in [7, 11) is 0. The van der Waals surface area contributed by atoms with Gasteiger partial charge in [0.2, 0.25) is 5.88 Å². The maximum Gasteiger partial charge on any atom is 0.350 e. The first-order valence-electron chi connectivity index (χ1n) is 9.28. The van der Waals surface area contributed by atoms with E-state index >= 15 is 0 Å². The number of carboxylic acid groups (broad SMARTS) is 1. The Kier molecular flexibility index (Phi) is 5.75. The van der Waals surface area contributed by atoms with Gasteiger partial charge in [0.05, 0.1) is 5.56 Å². The lowest BCUT2D eigenvalue weighted by Crippen LogP contribution is -2.37. The van der Waals surface area contributed by atoms with Crippen molar-refractivity contribution in [1.82, 2.24) is 4.98 Å². The van der Waals surface area contributed by atoms with E-state index in [0.717, 1.165) is 6.54 Å². The molecule has 2 aromatic rings. The number of nitrogens with two attached hydrogens (primary N) is 1. The molecular formula is C21H25FN2O3. The quantitative estimate of drug-likeness (QED) is 0.860. The molecule has 0 radical (unpaired) electrons. The van der Waals surface area contributed by atoms with Crippen LogP contribution >= 0.6 is 0 Å². The van der Waals surface area contributed by atoms with Crippen molar-refractivity contribution in [2.24, 2.45) is 5.73 Å². The van der Waals surface area contributed by atoms with E-state index in [1.165, 1.54) is 56.0 Å². The second-order valence-corrected chi connectivity index (χ2v) is 7.16. The SMILES string of the molecule is NCC1(c2ccccc2)CCCCC1.O=C(O)C1(F)COc2ncccc21. The summed E-state index contributed by atoms with van der Waals surface area (Å²) in [6.07, 6.45) is 8.03. The van der Waals surface area contributed by atoms with Crippen LogP contribution in [0, 0.1) is 0 Å². The molecule has 0 saturated heterocycles. The zero-order chi connectivity index (χ0) is 19.3. The van der Waals surface area contributed by atoms with Crippen molar-refractivity contribution in [1.29, 1.82) is 0 Å². The fourth-order valence-corrected chi connectivity index (χ4v) is 3.86. The van der Waals surface area contributed by atoms with Crippen LogP contribution in [0.3, 0.4) is 0 Å². The van der Waals surface area contributed by atoms with Gasteiger partial charge in [-0.2, -0.15) is 0 Å². The normalized spacial score (nSPS) is 22.7. The van der Waals surface area contributed by atoms with Gasteiger partial charge in [-0.1, -0.05) is 49.6 Å². The Hall–Kier alpha value is -2.47. The molecule has 1 aliphatic carbocycles. The van der Waals surface area contributed by atoms with Gasteiger partial charge in [-0.15, -0.1) is 0 Å². The average Bonchev–Trinajstić information content (AvgIpc) is 3.08. The third-order valence-corrected chi connectivity index (χ3v) is 5.53. The number of carbonyl (C=O) groups is 1. The van der Waals surface area contributed by atoms with Crippen molar-refractivity contribution in [2.45, 2.75) is 43.2 Å². The Morgan fingerprint density at radius 1 is 1.15 bits per heavy atom. The molecule has 1 aromatic carbocycles. The summed E-state index contributed by atoms with van der Waals surface area (Å²) >= 11 is 0. The van der Waals surface area contributed by atoms with Crippen molar-refractivity contribution in [3.05, 3.63) is 59.8 Å². The van der Waals surface area contributed by atoms with Crippen LogP contribution in [0.15, 0.2) is 48.7 Å². The lowest BCUT2D eigenvalue weighted by Gasteiger charge is -2.36. The van der Waals surface area contributed by atoms with Gasteiger partial charge in [0.25, 0.3) is 5.67 Å². The van der Waals surface area contributed by atoms with Crippen LogP contribution in [-0.2, 0) is 15.9 Å². The van der Waals surface area contributed by atoms with E-state index in [1.54, 1.807) is 0 Å². The zero-order valence-corrected chi connectivity index (χ0v) is 15.2. The third kappa shape index (κ3) is 3.81. The van der Waals surface area contributed by atoms with Gasteiger partial charge < -0.3 is 15.6 Å². The van der Waals surface area contributed by atoms with Crippen LogP contribution in [-0.4, -0.2) is 29.2 Å². The molecular weight excluding hydrogens is 347 g/mol. The number of hydrogen-bond donors (Lipinski definition) is 2. The number of aromatic nitrogens is 1. The van der Waals surface area contributed by atoms with Gasteiger partial charge in [0.15, 0.2) is 0 Å². The van der Waals surface area contributed by atoms with Crippen LogP contribution in [0.5, 0.6) is 5.88 Å². The molecule has 144 valence electrons. The molecule has 0 bridgehead atoms. The molecule has 1 aliphatic heterocycles. The summed E-state index contributed by atoms with van der Waals surface area (Å²) in [5, 5.41) is 8.64. The third-order valence-electron chi connectivity index (χ3n) is 5.53. The molecule has 27 heavy (non-hydrogen) atoms. The Morgan fingerprint density at radius 3 is 2.48 bits per heavy atom. The number of pyridine rings is 1. The fourth-order valence-electron chi connectivity index (χ4n) is 3.86. The van der Waals surface area contributed by atoms with Gasteiger partial charge >= 0.3 is 5.97 Å². The molecule has 2 heterocycles. The van der Waals surface area contributed by atoms with Gasteiger partial charge in [-0.05, 0) is 30.5 Å². The minimum atomic E-state index is -2.44. The highest BCUT2D eigenvalue weighted by atomic mass is 19.1. The lowest BCUT2D eigenvalue weighted by atomic mass is 9.69.